The van der Waals surface area contributed by atoms with E-state index in [1.807, 2.05) is 7.05 Å². The molecule has 0 aromatic carbocycles. The Balaban J connectivity index is 1.60. The van der Waals surface area contributed by atoms with Crippen LogP contribution in [0.5, 0.6) is 0 Å². The van der Waals surface area contributed by atoms with Crippen LogP contribution < -0.4 is 0 Å². The van der Waals surface area contributed by atoms with Crippen molar-refractivity contribution in [2.24, 2.45) is 40.4 Å². The van der Waals surface area contributed by atoms with Gasteiger partial charge in [0.2, 0.25) is 10.0 Å². The zero-order valence-corrected chi connectivity index (χ0v) is 18.3. The highest BCUT2D eigenvalue weighted by atomic mass is 32.2. The van der Waals surface area contributed by atoms with Crippen LogP contribution >= 0.6 is 0 Å². The summed E-state index contributed by atoms with van der Waals surface area (Å²) in [5.41, 5.74) is 0.738. The van der Waals surface area contributed by atoms with Crippen LogP contribution in [0.2, 0.25) is 0 Å². The zero-order chi connectivity index (χ0) is 18.9. The largest absolute Gasteiger partial charge is 0.213 e. The number of hydrogen-bond donors (Lipinski definition) is 0. The molecule has 0 amide bonds. The third-order valence-corrected chi connectivity index (χ3v) is 11.1. The number of rotatable bonds is 2. The van der Waals surface area contributed by atoms with Crippen LogP contribution in [-0.2, 0) is 10.0 Å². The second-order valence-electron chi connectivity index (χ2n) is 11.0. The molecule has 0 N–H and O–H groups in total. The molecule has 0 saturated heterocycles. The van der Waals surface area contributed by atoms with E-state index in [9.17, 15) is 8.42 Å². The molecule has 0 radical (unpaired) electrons. The molecule has 0 aromatic heterocycles. The summed E-state index contributed by atoms with van der Waals surface area (Å²) in [6.07, 6.45) is 13.3. The van der Waals surface area contributed by atoms with Crippen LogP contribution in [0.4, 0.5) is 0 Å². The average molecular weight is 382 g/mol. The van der Waals surface area contributed by atoms with Crippen molar-refractivity contribution in [1.82, 2.24) is 4.31 Å². The molecule has 26 heavy (non-hydrogen) atoms. The van der Waals surface area contributed by atoms with Gasteiger partial charge in [0.05, 0.1) is 6.26 Å². The molecule has 8 atom stereocenters. The van der Waals surface area contributed by atoms with E-state index in [2.05, 4.69) is 20.8 Å². The minimum Gasteiger partial charge on any atom is -0.213 e. The van der Waals surface area contributed by atoms with E-state index in [4.69, 9.17) is 0 Å². The highest BCUT2D eigenvalue weighted by Crippen LogP contribution is 2.67. The maximum Gasteiger partial charge on any atom is 0.211 e. The molecule has 4 aliphatic carbocycles. The van der Waals surface area contributed by atoms with Gasteiger partial charge < -0.3 is 0 Å². The lowest BCUT2D eigenvalue weighted by atomic mass is 9.44. The smallest absolute Gasteiger partial charge is 0.211 e. The van der Waals surface area contributed by atoms with Gasteiger partial charge >= 0.3 is 0 Å². The topological polar surface area (TPSA) is 37.4 Å². The molecule has 0 aromatic rings. The summed E-state index contributed by atoms with van der Waals surface area (Å²) in [6, 6.07) is 0.209. The molecule has 0 spiro atoms. The summed E-state index contributed by atoms with van der Waals surface area (Å²) in [5, 5.41) is 0. The highest BCUT2D eigenvalue weighted by molar-refractivity contribution is 7.88. The Hall–Kier alpha value is -0.0900. The lowest BCUT2D eigenvalue weighted by Crippen LogP contribution is -2.55. The van der Waals surface area contributed by atoms with Gasteiger partial charge in [0.1, 0.15) is 0 Å². The summed E-state index contributed by atoms with van der Waals surface area (Å²) in [6.45, 7) is 7.49. The van der Waals surface area contributed by atoms with Gasteiger partial charge in [0.25, 0.3) is 0 Å². The first-order valence-corrected chi connectivity index (χ1v) is 12.8. The summed E-state index contributed by atoms with van der Waals surface area (Å²) >= 11 is 0. The van der Waals surface area contributed by atoms with Crippen molar-refractivity contribution in [3.05, 3.63) is 0 Å². The van der Waals surface area contributed by atoms with E-state index < -0.39 is 10.0 Å². The average Bonchev–Trinajstić information content (AvgIpc) is 2.91. The maximum atomic E-state index is 12.2. The highest BCUT2D eigenvalue weighted by Gasteiger charge is 2.61. The second-order valence-corrected chi connectivity index (χ2v) is 13.0. The third-order valence-electron chi connectivity index (χ3n) is 9.84. The molecule has 0 aliphatic heterocycles. The minimum absolute atomic E-state index is 0.185. The van der Waals surface area contributed by atoms with E-state index in [0.29, 0.717) is 5.41 Å². The lowest BCUT2D eigenvalue weighted by molar-refractivity contribution is -0.116. The quantitative estimate of drug-likeness (QED) is 0.680. The molecule has 4 rings (SSSR count). The van der Waals surface area contributed by atoms with Crippen LogP contribution in [0.15, 0.2) is 0 Å². The molecule has 4 fully saturated rings. The summed E-state index contributed by atoms with van der Waals surface area (Å²) in [7, 11) is -1.29. The van der Waals surface area contributed by atoms with Crippen LogP contribution in [0.1, 0.15) is 78.6 Å². The minimum atomic E-state index is -3.11. The van der Waals surface area contributed by atoms with Gasteiger partial charge in [-0.15, -0.1) is 0 Å². The Labute approximate surface area is 161 Å². The van der Waals surface area contributed by atoms with E-state index in [1.165, 1.54) is 57.6 Å². The molecular formula is C22H39NO2S. The fraction of sp³-hybridized carbons (Fsp3) is 1.00. The van der Waals surface area contributed by atoms with Gasteiger partial charge in [-0.05, 0) is 91.8 Å². The SMILES string of the molecule is CC1CCC2(C)C(CCC3C2CCC2(C)C3CCC2N(C)S(C)(=O)=O)C1. The molecule has 4 heteroatoms. The maximum absolute atomic E-state index is 12.2. The van der Waals surface area contributed by atoms with Gasteiger partial charge in [0.15, 0.2) is 0 Å². The van der Waals surface area contributed by atoms with Gasteiger partial charge in [-0.25, -0.2) is 12.7 Å². The summed E-state index contributed by atoms with van der Waals surface area (Å²) < 4.78 is 26.1. The van der Waals surface area contributed by atoms with Gasteiger partial charge in [-0.3, -0.25) is 0 Å². The molecule has 8 unspecified atom stereocenters. The summed E-state index contributed by atoms with van der Waals surface area (Å²) in [4.78, 5) is 0. The van der Waals surface area contributed by atoms with Crippen molar-refractivity contribution >= 4 is 10.0 Å². The van der Waals surface area contributed by atoms with Gasteiger partial charge in [0, 0.05) is 13.1 Å². The fourth-order valence-electron chi connectivity index (χ4n) is 8.27. The van der Waals surface area contributed by atoms with E-state index in [0.717, 1.165) is 36.0 Å². The van der Waals surface area contributed by atoms with Crippen molar-refractivity contribution in [1.29, 1.82) is 0 Å². The van der Waals surface area contributed by atoms with E-state index in [-0.39, 0.29) is 11.5 Å². The Bertz CT molecular complexity index is 661. The van der Waals surface area contributed by atoms with Crippen molar-refractivity contribution < 1.29 is 8.42 Å². The molecule has 0 bridgehead atoms. The number of fused-ring (bicyclic) bond motifs is 5. The predicted molar refractivity (Wildman–Crippen MR) is 107 cm³/mol. The lowest BCUT2D eigenvalue weighted by Gasteiger charge is -2.61. The van der Waals surface area contributed by atoms with Crippen LogP contribution in [0.25, 0.3) is 0 Å². The van der Waals surface area contributed by atoms with Gasteiger partial charge in [-0.1, -0.05) is 27.2 Å². The predicted octanol–water partition coefficient (Wildman–Crippen LogP) is 4.93. The van der Waals surface area contributed by atoms with Crippen molar-refractivity contribution in [2.75, 3.05) is 13.3 Å². The first-order valence-electron chi connectivity index (χ1n) is 11.0. The third kappa shape index (κ3) is 2.72. The monoisotopic (exact) mass is 381 g/mol. The molecule has 4 saturated carbocycles. The second kappa shape index (κ2) is 6.20. The van der Waals surface area contributed by atoms with Gasteiger partial charge in [-0.2, -0.15) is 0 Å². The Morgan fingerprint density at radius 3 is 2.23 bits per heavy atom. The van der Waals surface area contributed by atoms with Crippen LogP contribution in [0.3, 0.4) is 0 Å². The summed E-state index contributed by atoms with van der Waals surface area (Å²) in [5.74, 6) is 4.30. The molecule has 0 heterocycles. The number of nitrogens with zero attached hydrogens (tertiary/aromatic N) is 1. The molecule has 3 nitrogen and oxygen atoms in total. The van der Waals surface area contributed by atoms with Crippen molar-refractivity contribution in [3.63, 3.8) is 0 Å². The molecule has 4 aliphatic rings. The fourth-order valence-corrected chi connectivity index (χ4v) is 9.08. The zero-order valence-electron chi connectivity index (χ0n) is 17.5. The standard InChI is InChI=1S/C22H39NO2S/c1-15-10-12-21(2)16(14-15)6-7-17-18-8-9-20(23(4)26(5,24)25)22(18,3)13-11-19(17)21/h15-20H,6-14H2,1-5H3. The molecule has 150 valence electrons. The van der Waals surface area contributed by atoms with Crippen LogP contribution in [-0.4, -0.2) is 32.1 Å². The number of hydrogen-bond acceptors (Lipinski definition) is 2. The van der Waals surface area contributed by atoms with E-state index >= 15 is 0 Å². The Morgan fingerprint density at radius 1 is 0.885 bits per heavy atom. The van der Waals surface area contributed by atoms with Crippen molar-refractivity contribution in [2.45, 2.75) is 84.6 Å². The Morgan fingerprint density at radius 2 is 1.54 bits per heavy atom. The Kier molecular flexibility index (Phi) is 4.59. The first-order chi connectivity index (χ1) is 12.1. The van der Waals surface area contributed by atoms with E-state index in [1.54, 1.807) is 4.31 Å². The first kappa shape index (κ1) is 19.2. The normalized spacial score (nSPS) is 51.6. The number of sulfonamides is 1. The van der Waals surface area contributed by atoms with Crippen molar-refractivity contribution in [3.8, 4) is 0 Å². The molecular weight excluding hydrogens is 342 g/mol. The van der Waals surface area contributed by atoms with Crippen LogP contribution in [0, 0.1) is 40.4 Å².